The van der Waals surface area contributed by atoms with Crippen LogP contribution in [0.4, 0.5) is 0 Å². The van der Waals surface area contributed by atoms with Gasteiger partial charge in [0.15, 0.2) is 0 Å². The van der Waals surface area contributed by atoms with Gasteiger partial charge in [-0.25, -0.2) is 0 Å². The number of hydrogen-bond acceptors (Lipinski definition) is 2. The van der Waals surface area contributed by atoms with Gasteiger partial charge in [0.05, 0.1) is 6.61 Å². The molecule has 0 aromatic rings. The Morgan fingerprint density at radius 3 is 2.45 bits per heavy atom. The maximum absolute atomic E-state index is 9.01. The first-order valence-corrected chi connectivity index (χ1v) is 4.64. The van der Waals surface area contributed by atoms with Gasteiger partial charge < -0.3 is 5.11 Å². The van der Waals surface area contributed by atoms with Crippen molar-refractivity contribution in [3.05, 3.63) is 0 Å². The Morgan fingerprint density at radius 1 is 1.45 bits per heavy atom. The Labute approximate surface area is 68.2 Å². The Hall–Kier alpha value is -0.0800. The number of rotatable bonds is 3. The first kappa shape index (κ1) is 7.56. The summed E-state index contributed by atoms with van der Waals surface area (Å²) in [6.45, 7) is 5.00. The van der Waals surface area contributed by atoms with Crippen LogP contribution < -0.4 is 0 Å². The molecule has 1 saturated heterocycles. The molecule has 1 aliphatic carbocycles. The molecule has 1 saturated carbocycles. The molecule has 2 fully saturated rings. The van der Waals surface area contributed by atoms with Crippen molar-refractivity contribution in [3.8, 4) is 0 Å². The van der Waals surface area contributed by atoms with Crippen molar-refractivity contribution in [3.63, 3.8) is 0 Å². The highest BCUT2D eigenvalue weighted by molar-refractivity contribution is 5.06. The van der Waals surface area contributed by atoms with E-state index in [-0.39, 0.29) is 0 Å². The van der Waals surface area contributed by atoms with Crippen molar-refractivity contribution >= 4 is 0 Å². The Kier molecular flexibility index (Phi) is 1.69. The fraction of sp³-hybridized carbons (Fsp3) is 1.00. The van der Waals surface area contributed by atoms with Crippen molar-refractivity contribution in [2.45, 2.75) is 32.2 Å². The lowest BCUT2D eigenvalue weighted by atomic mass is 9.94. The van der Waals surface area contributed by atoms with Gasteiger partial charge in [0.25, 0.3) is 0 Å². The summed E-state index contributed by atoms with van der Waals surface area (Å²) >= 11 is 0. The van der Waals surface area contributed by atoms with E-state index in [9.17, 15) is 0 Å². The predicted molar refractivity (Wildman–Crippen MR) is 44.4 cm³/mol. The van der Waals surface area contributed by atoms with E-state index < -0.39 is 0 Å². The number of hydrogen-bond donors (Lipinski definition) is 1. The number of likely N-dealkylation sites (tertiary alicyclic amines) is 1. The molecular weight excluding hydrogens is 138 g/mol. The van der Waals surface area contributed by atoms with Crippen LogP contribution >= 0.6 is 0 Å². The lowest BCUT2D eigenvalue weighted by molar-refractivity contribution is 0.00936. The van der Waals surface area contributed by atoms with E-state index in [1.807, 2.05) is 0 Å². The monoisotopic (exact) mass is 155 g/mol. The van der Waals surface area contributed by atoms with Crippen LogP contribution in [0.3, 0.4) is 0 Å². The molecule has 0 radical (unpaired) electrons. The van der Waals surface area contributed by atoms with E-state index in [0.29, 0.717) is 12.6 Å². The summed E-state index contributed by atoms with van der Waals surface area (Å²) in [5.41, 5.74) is 0.739. The molecule has 0 aromatic heterocycles. The third kappa shape index (κ3) is 1.18. The normalized spacial score (nSPS) is 30.0. The zero-order chi connectivity index (χ0) is 7.90. The molecular formula is C9H17NO. The standard InChI is InChI=1S/C9H17NO/c1-2-8(5-11)10-6-9(7-10)3-4-9/h8,11H,2-7H2,1H3. The lowest BCUT2D eigenvalue weighted by Crippen LogP contribution is -2.54. The summed E-state index contributed by atoms with van der Waals surface area (Å²) in [6.07, 6.45) is 3.96. The molecule has 1 aliphatic heterocycles. The van der Waals surface area contributed by atoms with Crippen molar-refractivity contribution in [2.24, 2.45) is 5.41 Å². The van der Waals surface area contributed by atoms with E-state index in [4.69, 9.17) is 5.11 Å². The zero-order valence-corrected chi connectivity index (χ0v) is 7.21. The summed E-state index contributed by atoms with van der Waals surface area (Å²) in [5.74, 6) is 0. The number of aliphatic hydroxyl groups excluding tert-OH is 1. The van der Waals surface area contributed by atoms with E-state index in [0.717, 1.165) is 11.8 Å². The fourth-order valence-electron chi connectivity index (χ4n) is 2.07. The number of aliphatic hydroxyl groups is 1. The maximum Gasteiger partial charge on any atom is 0.0586 e. The van der Waals surface area contributed by atoms with Crippen LogP contribution in [-0.2, 0) is 0 Å². The highest BCUT2D eigenvalue weighted by Crippen LogP contribution is 2.53. The molecule has 1 spiro atoms. The highest BCUT2D eigenvalue weighted by atomic mass is 16.3. The second kappa shape index (κ2) is 2.46. The van der Waals surface area contributed by atoms with Crippen LogP contribution in [-0.4, -0.2) is 35.7 Å². The van der Waals surface area contributed by atoms with Crippen molar-refractivity contribution in [2.75, 3.05) is 19.7 Å². The van der Waals surface area contributed by atoms with Gasteiger partial charge in [0, 0.05) is 19.1 Å². The van der Waals surface area contributed by atoms with E-state index in [1.165, 1.54) is 25.9 Å². The molecule has 1 heterocycles. The quantitative estimate of drug-likeness (QED) is 0.653. The summed E-state index contributed by atoms with van der Waals surface area (Å²) in [6, 6.07) is 0.446. The van der Waals surface area contributed by atoms with E-state index >= 15 is 0 Å². The molecule has 1 unspecified atom stereocenters. The smallest absolute Gasteiger partial charge is 0.0586 e. The summed E-state index contributed by atoms with van der Waals surface area (Å²) in [5, 5.41) is 9.01. The highest BCUT2D eigenvalue weighted by Gasteiger charge is 2.53. The first-order valence-electron chi connectivity index (χ1n) is 4.64. The van der Waals surface area contributed by atoms with Crippen LogP contribution in [0.5, 0.6) is 0 Å². The second-order valence-corrected chi connectivity index (χ2v) is 4.15. The zero-order valence-electron chi connectivity index (χ0n) is 7.21. The van der Waals surface area contributed by atoms with Gasteiger partial charge in [0.2, 0.25) is 0 Å². The van der Waals surface area contributed by atoms with Crippen LogP contribution in [0.25, 0.3) is 0 Å². The van der Waals surface area contributed by atoms with Gasteiger partial charge >= 0.3 is 0 Å². The van der Waals surface area contributed by atoms with Crippen LogP contribution in [0.15, 0.2) is 0 Å². The van der Waals surface area contributed by atoms with Crippen molar-refractivity contribution < 1.29 is 5.11 Å². The van der Waals surface area contributed by atoms with Gasteiger partial charge in [-0.2, -0.15) is 0 Å². The fourth-order valence-corrected chi connectivity index (χ4v) is 2.07. The number of nitrogens with zero attached hydrogens (tertiary/aromatic N) is 1. The van der Waals surface area contributed by atoms with Gasteiger partial charge in [0.1, 0.15) is 0 Å². The Balaban J connectivity index is 1.79. The molecule has 2 rings (SSSR count). The second-order valence-electron chi connectivity index (χ2n) is 4.15. The molecule has 0 amide bonds. The third-order valence-electron chi connectivity index (χ3n) is 3.23. The lowest BCUT2D eigenvalue weighted by Gasteiger charge is -2.44. The van der Waals surface area contributed by atoms with Gasteiger partial charge in [-0.15, -0.1) is 0 Å². The molecule has 2 nitrogen and oxygen atoms in total. The molecule has 2 aliphatic rings. The minimum Gasteiger partial charge on any atom is -0.395 e. The molecule has 2 heteroatoms. The molecule has 1 N–H and O–H groups in total. The minimum atomic E-state index is 0.340. The average molecular weight is 155 g/mol. The summed E-state index contributed by atoms with van der Waals surface area (Å²) in [7, 11) is 0. The van der Waals surface area contributed by atoms with Gasteiger partial charge in [-0.3, -0.25) is 4.90 Å². The van der Waals surface area contributed by atoms with Crippen LogP contribution in [0.2, 0.25) is 0 Å². The Bertz CT molecular complexity index is 142. The van der Waals surface area contributed by atoms with Gasteiger partial charge in [-0.05, 0) is 24.7 Å². The van der Waals surface area contributed by atoms with E-state index in [1.54, 1.807) is 0 Å². The van der Waals surface area contributed by atoms with Crippen LogP contribution in [0.1, 0.15) is 26.2 Å². The molecule has 0 aromatic carbocycles. The third-order valence-corrected chi connectivity index (χ3v) is 3.23. The molecule has 1 atom stereocenters. The predicted octanol–water partition coefficient (Wildman–Crippen LogP) is 0.853. The molecule has 64 valence electrons. The molecule has 0 bridgehead atoms. The van der Waals surface area contributed by atoms with E-state index in [2.05, 4.69) is 11.8 Å². The van der Waals surface area contributed by atoms with Crippen molar-refractivity contribution in [1.29, 1.82) is 0 Å². The SMILES string of the molecule is CCC(CO)N1CC2(CC2)C1. The minimum absolute atomic E-state index is 0.340. The first-order chi connectivity index (χ1) is 5.29. The van der Waals surface area contributed by atoms with Crippen molar-refractivity contribution in [1.82, 2.24) is 4.90 Å². The maximum atomic E-state index is 9.01. The summed E-state index contributed by atoms with van der Waals surface area (Å²) < 4.78 is 0. The van der Waals surface area contributed by atoms with Crippen LogP contribution in [0, 0.1) is 5.41 Å². The Morgan fingerprint density at radius 2 is 2.09 bits per heavy atom. The molecule has 11 heavy (non-hydrogen) atoms. The van der Waals surface area contributed by atoms with Gasteiger partial charge in [-0.1, -0.05) is 6.92 Å². The average Bonchev–Trinajstić information content (AvgIpc) is 2.68. The largest absolute Gasteiger partial charge is 0.395 e. The topological polar surface area (TPSA) is 23.5 Å². The summed E-state index contributed by atoms with van der Waals surface area (Å²) in [4.78, 5) is 2.42.